The van der Waals surface area contributed by atoms with E-state index in [1.165, 1.54) is 0 Å². The normalized spacial score (nSPS) is 25.4. The number of hydrogen-bond donors (Lipinski definition) is 2. The lowest BCUT2D eigenvalue weighted by Crippen LogP contribution is -2.52. The molecule has 0 aromatic heterocycles. The number of halogens is 2. The number of aliphatic carboxylic acids is 1. The maximum absolute atomic E-state index is 13.1. The van der Waals surface area contributed by atoms with Gasteiger partial charge in [0.05, 0.1) is 5.41 Å². The van der Waals surface area contributed by atoms with Crippen molar-refractivity contribution >= 4 is 11.9 Å². The first-order valence-corrected chi connectivity index (χ1v) is 6.83. The maximum atomic E-state index is 13.1. The third-order valence-electron chi connectivity index (χ3n) is 4.13. The SMILES string of the molecule is CC1(C(=O)O)CCCCC1NC(=O)c1cc(F)cc(F)c1. The summed E-state index contributed by atoms with van der Waals surface area (Å²) in [5.41, 5.74) is -1.20. The van der Waals surface area contributed by atoms with Gasteiger partial charge in [0.15, 0.2) is 0 Å². The van der Waals surface area contributed by atoms with Crippen LogP contribution < -0.4 is 5.32 Å². The van der Waals surface area contributed by atoms with Crippen LogP contribution in [0.4, 0.5) is 8.78 Å². The van der Waals surface area contributed by atoms with Gasteiger partial charge in [0.1, 0.15) is 11.6 Å². The number of benzene rings is 1. The lowest BCUT2D eigenvalue weighted by atomic mass is 9.71. The van der Waals surface area contributed by atoms with Gasteiger partial charge in [-0.25, -0.2) is 8.78 Å². The van der Waals surface area contributed by atoms with E-state index in [4.69, 9.17) is 0 Å². The topological polar surface area (TPSA) is 66.4 Å². The number of amides is 1. The molecule has 1 aliphatic rings. The van der Waals surface area contributed by atoms with Gasteiger partial charge in [-0.1, -0.05) is 12.8 Å². The van der Waals surface area contributed by atoms with Crippen LogP contribution in [0.3, 0.4) is 0 Å². The third kappa shape index (κ3) is 3.20. The zero-order valence-electron chi connectivity index (χ0n) is 11.7. The van der Waals surface area contributed by atoms with Crippen molar-refractivity contribution < 1.29 is 23.5 Å². The molecule has 1 saturated carbocycles. The van der Waals surface area contributed by atoms with Crippen LogP contribution >= 0.6 is 0 Å². The quantitative estimate of drug-likeness (QED) is 0.901. The first-order chi connectivity index (χ1) is 9.83. The van der Waals surface area contributed by atoms with Crippen molar-refractivity contribution in [2.45, 2.75) is 38.6 Å². The van der Waals surface area contributed by atoms with Gasteiger partial charge in [0.2, 0.25) is 0 Å². The molecule has 0 spiro atoms. The molecule has 6 heteroatoms. The minimum absolute atomic E-state index is 0.147. The second kappa shape index (κ2) is 5.79. The number of carbonyl (C=O) groups is 2. The lowest BCUT2D eigenvalue weighted by molar-refractivity contribution is -0.151. The van der Waals surface area contributed by atoms with Gasteiger partial charge < -0.3 is 10.4 Å². The number of hydrogen-bond acceptors (Lipinski definition) is 2. The Bertz CT molecular complexity index is 556. The molecule has 4 nitrogen and oxygen atoms in total. The predicted molar refractivity (Wildman–Crippen MR) is 71.8 cm³/mol. The molecule has 2 N–H and O–H groups in total. The molecule has 2 unspecified atom stereocenters. The fourth-order valence-electron chi connectivity index (χ4n) is 2.75. The van der Waals surface area contributed by atoms with Gasteiger partial charge in [-0.15, -0.1) is 0 Å². The Morgan fingerprint density at radius 3 is 2.43 bits per heavy atom. The Morgan fingerprint density at radius 1 is 1.24 bits per heavy atom. The van der Waals surface area contributed by atoms with Crippen LogP contribution in [-0.4, -0.2) is 23.0 Å². The molecule has 1 amide bonds. The summed E-state index contributed by atoms with van der Waals surface area (Å²) in [5, 5.41) is 12.0. The summed E-state index contributed by atoms with van der Waals surface area (Å²) < 4.78 is 26.3. The smallest absolute Gasteiger partial charge is 0.311 e. The van der Waals surface area contributed by atoms with E-state index in [1.807, 2.05) is 0 Å². The van der Waals surface area contributed by atoms with E-state index >= 15 is 0 Å². The first-order valence-electron chi connectivity index (χ1n) is 6.83. The number of carboxylic acids is 1. The lowest BCUT2D eigenvalue weighted by Gasteiger charge is -2.38. The van der Waals surface area contributed by atoms with Crippen molar-refractivity contribution in [2.24, 2.45) is 5.41 Å². The zero-order valence-corrected chi connectivity index (χ0v) is 11.7. The highest BCUT2D eigenvalue weighted by Gasteiger charge is 2.43. The van der Waals surface area contributed by atoms with Crippen LogP contribution in [0.1, 0.15) is 43.0 Å². The maximum Gasteiger partial charge on any atom is 0.311 e. The van der Waals surface area contributed by atoms with E-state index in [0.29, 0.717) is 18.9 Å². The Hall–Kier alpha value is -1.98. The number of carbonyl (C=O) groups excluding carboxylic acids is 1. The highest BCUT2D eigenvalue weighted by molar-refractivity contribution is 5.94. The second-order valence-corrected chi connectivity index (χ2v) is 5.65. The molecule has 0 aliphatic heterocycles. The van der Waals surface area contributed by atoms with Gasteiger partial charge in [-0.3, -0.25) is 9.59 Å². The fourth-order valence-corrected chi connectivity index (χ4v) is 2.75. The average Bonchev–Trinajstić information content (AvgIpc) is 2.40. The van der Waals surface area contributed by atoms with E-state index in [1.54, 1.807) is 6.92 Å². The minimum Gasteiger partial charge on any atom is -0.481 e. The van der Waals surface area contributed by atoms with Crippen molar-refractivity contribution in [2.75, 3.05) is 0 Å². The number of rotatable bonds is 3. The van der Waals surface area contributed by atoms with Gasteiger partial charge in [-0.2, -0.15) is 0 Å². The van der Waals surface area contributed by atoms with Crippen LogP contribution in [0.25, 0.3) is 0 Å². The van der Waals surface area contributed by atoms with Gasteiger partial charge in [-0.05, 0) is 31.9 Å². The van der Waals surface area contributed by atoms with Gasteiger partial charge >= 0.3 is 5.97 Å². The van der Waals surface area contributed by atoms with Crippen molar-refractivity contribution in [3.8, 4) is 0 Å². The minimum atomic E-state index is -1.06. The summed E-state index contributed by atoms with van der Waals surface area (Å²) in [6.07, 6.45) is 2.59. The Labute approximate surface area is 121 Å². The Morgan fingerprint density at radius 2 is 1.86 bits per heavy atom. The molecule has 1 aromatic rings. The zero-order chi connectivity index (χ0) is 15.6. The van der Waals surface area contributed by atoms with E-state index in [9.17, 15) is 23.5 Å². The Balaban J connectivity index is 2.19. The van der Waals surface area contributed by atoms with Gasteiger partial charge in [0.25, 0.3) is 5.91 Å². The predicted octanol–water partition coefficient (Wildman–Crippen LogP) is 2.73. The van der Waals surface area contributed by atoms with Crippen LogP contribution in [0.15, 0.2) is 18.2 Å². The molecule has 0 saturated heterocycles. The van der Waals surface area contributed by atoms with Crippen LogP contribution in [-0.2, 0) is 4.79 Å². The van der Waals surface area contributed by atoms with Crippen LogP contribution in [0.5, 0.6) is 0 Å². The summed E-state index contributed by atoms with van der Waals surface area (Å²) >= 11 is 0. The highest BCUT2D eigenvalue weighted by atomic mass is 19.1. The molecular formula is C15H17F2NO3. The summed E-state index contributed by atoms with van der Waals surface area (Å²) in [5.74, 6) is -3.32. The molecule has 0 radical (unpaired) electrons. The fraction of sp³-hybridized carbons (Fsp3) is 0.467. The first kappa shape index (κ1) is 15.4. The highest BCUT2D eigenvalue weighted by Crippen LogP contribution is 2.36. The summed E-state index contributed by atoms with van der Waals surface area (Å²) in [7, 11) is 0. The van der Waals surface area contributed by atoms with Crippen molar-refractivity contribution in [1.29, 1.82) is 0 Å². The molecule has 114 valence electrons. The van der Waals surface area contributed by atoms with Crippen LogP contribution in [0, 0.1) is 17.0 Å². The second-order valence-electron chi connectivity index (χ2n) is 5.65. The molecule has 0 heterocycles. The third-order valence-corrected chi connectivity index (χ3v) is 4.13. The van der Waals surface area contributed by atoms with E-state index in [2.05, 4.69) is 5.32 Å². The van der Waals surface area contributed by atoms with E-state index in [0.717, 1.165) is 25.0 Å². The molecule has 1 aromatic carbocycles. The summed E-state index contributed by atoms with van der Waals surface area (Å²) in [6, 6.07) is 1.99. The standard InChI is InChI=1S/C15H17F2NO3/c1-15(14(20)21)5-3-2-4-12(15)18-13(19)9-6-10(16)8-11(17)7-9/h6-8,12H,2-5H2,1H3,(H,18,19)(H,20,21). The molecule has 2 atom stereocenters. The van der Waals surface area contributed by atoms with E-state index in [-0.39, 0.29) is 5.56 Å². The molecule has 1 aliphatic carbocycles. The Kier molecular flexibility index (Phi) is 4.25. The van der Waals surface area contributed by atoms with Gasteiger partial charge in [0, 0.05) is 17.7 Å². The number of nitrogens with one attached hydrogen (secondary N) is 1. The van der Waals surface area contributed by atoms with Crippen molar-refractivity contribution in [3.05, 3.63) is 35.4 Å². The largest absolute Gasteiger partial charge is 0.481 e. The molecule has 1 fully saturated rings. The summed E-state index contributed by atoms with van der Waals surface area (Å²) in [6.45, 7) is 1.59. The van der Waals surface area contributed by atoms with Crippen LogP contribution in [0.2, 0.25) is 0 Å². The molecule has 0 bridgehead atoms. The molecule has 2 rings (SSSR count). The molecule has 21 heavy (non-hydrogen) atoms. The van der Waals surface area contributed by atoms with Crippen molar-refractivity contribution in [3.63, 3.8) is 0 Å². The monoisotopic (exact) mass is 297 g/mol. The van der Waals surface area contributed by atoms with E-state index < -0.39 is 35.0 Å². The van der Waals surface area contributed by atoms with Crippen molar-refractivity contribution in [1.82, 2.24) is 5.32 Å². The summed E-state index contributed by atoms with van der Waals surface area (Å²) in [4.78, 5) is 23.5. The molecular weight excluding hydrogens is 280 g/mol. The number of carboxylic acid groups (broad SMARTS) is 1. The average molecular weight is 297 g/mol.